The third-order valence-corrected chi connectivity index (χ3v) is 6.46. The lowest BCUT2D eigenvalue weighted by atomic mass is 10.0. The number of aromatic amines is 1. The van der Waals surface area contributed by atoms with Crippen molar-refractivity contribution in [1.29, 1.82) is 0 Å². The Labute approximate surface area is 199 Å². The normalized spacial score (nSPS) is 11.9. The van der Waals surface area contributed by atoms with E-state index in [0.29, 0.717) is 22.1 Å². The predicted octanol–water partition coefficient (Wildman–Crippen LogP) is 4.82. The first-order valence-electron chi connectivity index (χ1n) is 10.6. The van der Waals surface area contributed by atoms with Crippen molar-refractivity contribution in [3.8, 4) is 5.69 Å². The van der Waals surface area contributed by atoms with Crippen LogP contribution in [0, 0.1) is 0 Å². The van der Waals surface area contributed by atoms with Crippen LogP contribution >= 0.6 is 11.8 Å². The molecule has 0 spiro atoms. The van der Waals surface area contributed by atoms with Gasteiger partial charge in [0.2, 0.25) is 11.1 Å². The van der Waals surface area contributed by atoms with Gasteiger partial charge in [-0.05, 0) is 40.3 Å². The summed E-state index contributed by atoms with van der Waals surface area (Å²) >= 11 is 1.28. The second kappa shape index (κ2) is 9.32. The fourth-order valence-corrected chi connectivity index (χ4v) is 4.82. The third kappa shape index (κ3) is 4.33. The molecule has 2 aromatic heterocycles. The number of carbonyl (C=O) groups excluding carboxylic acids is 2. The van der Waals surface area contributed by atoms with E-state index in [-0.39, 0.29) is 11.7 Å². The topological polar surface area (TPSA) is 106 Å². The van der Waals surface area contributed by atoms with Crippen molar-refractivity contribution in [2.45, 2.75) is 17.3 Å². The lowest BCUT2D eigenvalue weighted by molar-refractivity contribution is -0.114. The highest BCUT2D eigenvalue weighted by Gasteiger charge is 2.28. The van der Waals surface area contributed by atoms with Crippen LogP contribution < -0.4 is 5.32 Å². The van der Waals surface area contributed by atoms with E-state index in [0.717, 1.165) is 16.5 Å². The number of nitrogens with zero attached hydrogens (tertiary/aromatic N) is 4. The second-order valence-electron chi connectivity index (χ2n) is 7.63. The molecule has 3 aromatic carbocycles. The molecule has 1 unspecified atom stereocenters. The van der Waals surface area contributed by atoms with Gasteiger partial charge in [-0.1, -0.05) is 66.4 Å². The Morgan fingerprint density at radius 2 is 1.79 bits per heavy atom. The Hall–Kier alpha value is -4.24. The first kappa shape index (κ1) is 21.6. The summed E-state index contributed by atoms with van der Waals surface area (Å²) in [5.74, 6) is -0.216. The molecular formula is C25H20N6O2S. The SMILES string of the molecule is CC(=O)Nc1cccc(-n2nnnc2SC(C(=O)c2c[nH]c3ccccc23)c2ccccc2)c1. The highest BCUT2D eigenvalue weighted by molar-refractivity contribution is 8.00. The number of benzene rings is 3. The number of amides is 1. The molecule has 0 aliphatic heterocycles. The minimum absolute atomic E-state index is 0.0461. The number of H-pyrrole nitrogens is 1. The Bertz CT molecular complexity index is 1480. The molecule has 168 valence electrons. The smallest absolute Gasteiger partial charge is 0.221 e. The second-order valence-corrected chi connectivity index (χ2v) is 8.70. The van der Waals surface area contributed by atoms with E-state index < -0.39 is 5.25 Å². The van der Waals surface area contributed by atoms with Gasteiger partial charge in [0.25, 0.3) is 0 Å². The van der Waals surface area contributed by atoms with E-state index in [4.69, 9.17) is 0 Å². The van der Waals surface area contributed by atoms with E-state index in [1.807, 2.05) is 66.7 Å². The average Bonchev–Trinajstić information content (AvgIpc) is 3.49. The van der Waals surface area contributed by atoms with Gasteiger partial charge >= 0.3 is 0 Å². The largest absolute Gasteiger partial charge is 0.360 e. The number of thioether (sulfide) groups is 1. The molecule has 0 bridgehead atoms. The number of Topliss-reactive ketones (excluding diaryl/α,β-unsaturated/α-hetero) is 1. The summed E-state index contributed by atoms with van der Waals surface area (Å²) in [7, 11) is 0. The van der Waals surface area contributed by atoms with Crippen molar-refractivity contribution in [1.82, 2.24) is 25.2 Å². The van der Waals surface area contributed by atoms with Crippen LogP contribution in [0.3, 0.4) is 0 Å². The monoisotopic (exact) mass is 468 g/mol. The van der Waals surface area contributed by atoms with Crippen molar-refractivity contribution in [2.75, 3.05) is 5.32 Å². The highest BCUT2D eigenvalue weighted by atomic mass is 32.2. The average molecular weight is 469 g/mol. The standard InChI is InChI=1S/C25H20N6O2S/c1-16(32)27-18-10-7-11-19(14-18)31-25(28-29-30-31)34-24(17-8-3-2-4-9-17)23(33)21-15-26-22-13-6-5-12-20(21)22/h2-15,24,26H,1H3,(H,27,32). The Morgan fingerprint density at radius 1 is 1.00 bits per heavy atom. The van der Waals surface area contributed by atoms with Crippen LogP contribution in [0.5, 0.6) is 0 Å². The molecule has 5 rings (SSSR count). The maximum absolute atomic E-state index is 13.8. The van der Waals surface area contributed by atoms with Crippen LogP contribution in [-0.4, -0.2) is 36.9 Å². The zero-order chi connectivity index (χ0) is 23.5. The van der Waals surface area contributed by atoms with Crippen LogP contribution in [0.15, 0.2) is 90.2 Å². The van der Waals surface area contributed by atoms with Gasteiger partial charge in [-0.3, -0.25) is 9.59 Å². The lowest BCUT2D eigenvalue weighted by Crippen LogP contribution is -2.11. The number of tetrazole rings is 1. The van der Waals surface area contributed by atoms with Crippen molar-refractivity contribution < 1.29 is 9.59 Å². The molecule has 2 N–H and O–H groups in total. The number of fused-ring (bicyclic) bond motifs is 1. The van der Waals surface area contributed by atoms with Gasteiger partial charge in [-0.2, -0.15) is 4.68 Å². The molecule has 34 heavy (non-hydrogen) atoms. The zero-order valence-corrected chi connectivity index (χ0v) is 19.0. The first-order valence-corrected chi connectivity index (χ1v) is 11.5. The van der Waals surface area contributed by atoms with Crippen molar-refractivity contribution in [3.63, 3.8) is 0 Å². The van der Waals surface area contributed by atoms with Crippen LogP contribution in [0.4, 0.5) is 5.69 Å². The van der Waals surface area contributed by atoms with E-state index in [9.17, 15) is 9.59 Å². The molecule has 0 aliphatic carbocycles. The number of rotatable bonds is 7. The summed E-state index contributed by atoms with van der Waals surface area (Å²) in [5, 5.41) is 15.7. The van der Waals surface area contributed by atoms with Crippen LogP contribution in [0.1, 0.15) is 28.1 Å². The van der Waals surface area contributed by atoms with Crippen molar-refractivity contribution in [3.05, 3.63) is 96.2 Å². The minimum Gasteiger partial charge on any atom is -0.360 e. The number of hydrogen-bond donors (Lipinski definition) is 2. The van der Waals surface area contributed by atoms with E-state index in [1.54, 1.807) is 23.0 Å². The van der Waals surface area contributed by atoms with E-state index >= 15 is 0 Å². The van der Waals surface area contributed by atoms with E-state index in [1.165, 1.54) is 18.7 Å². The van der Waals surface area contributed by atoms with Gasteiger partial charge in [0, 0.05) is 35.3 Å². The Morgan fingerprint density at radius 3 is 2.62 bits per heavy atom. The summed E-state index contributed by atoms with van der Waals surface area (Å²) in [6, 6.07) is 24.5. The summed E-state index contributed by atoms with van der Waals surface area (Å²) < 4.78 is 1.56. The molecule has 1 atom stereocenters. The number of hydrogen-bond acceptors (Lipinski definition) is 6. The maximum Gasteiger partial charge on any atom is 0.221 e. The fourth-order valence-electron chi connectivity index (χ4n) is 3.76. The van der Waals surface area contributed by atoms with Crippen LogP contribution in [0.2, 0.25) is 0 Å². The molecule has 9 heteroatoms. The van der Waals surface area contributed by atoms with Gasteiger partial charge in [-0.25, -0.2) is 0 Å². The molecule has 2 heterocycles. The Kier molecular flexibility index (Phi) is 5.92. The number of anilines is 1. The number of para-hydroxylation sites is 1. The third-order valence-electron chi connectivity index (χ3n) is 5.27. The lowest BCUT2D eigenvalue weighted by Gasteiger charge is -2.15. The molecule has 0 radical (unpaired) electrons. The molecule has 0 saturated heterocycles. The molecule has 5 aromatic rings. The predicted molar refractivity (Wildman–Crippen MR) is 131 cm³/mol. The van der Waals surface area contributed by atoms with Crippen molar-refractivity contribution in [2.24, 2.45) is 0 Å². The molecule has 0 saturated carbocycles. The summed E-state index contributed by atoms with van der Waals surface area (Å²) in [5.41, 5.74) is 3.67. The number of nitrogens with one attached hydrogen (secondary N) is 2. The van der Waals surface area contributed by atoms with Gasteiger partial charge < -0.3 is 10.3 Å². The molecule has 0 fully saturated rings. The molecule has 1 amide bonds. The van der Waals surface area contributed by atoms with Gasteiger partial charge in [0.15, 0.2) is 5.78 Å². The van der Waals surface area contributed by atoms with Crippen molar-refractivity contribution >= 4 is 40.0 Å². The summed E-state index contributed by atoms with van der Waals surface area (Å²) in [6.45, 7) is 1.45. The quantitative estimate of drug-likeness (QED) is 0.262. The van der Waals surface area contributed by atoms with Crippen LogP contribution in [0.25, 0.3) is 16.6 Å². The zero-order valence-electron chi connectivity index (χ0n) is 18.2. The summed E-state index contributed by atoms with van der Waals surface area (Å²) in [6.07, 6.45) is 1.75. The van der Waals surface area contributed by atoms with Gasteiger partial charge in [0.1, 0.15) is 5.25 Å². The number of aromatic nitrogens is 5. The van der Waals surface area contributed by atoms with Gasteiger partial charge in [-0.15, -0.1) is 5.10 Å². The first-order chi connectivity index (χ1) is 16.6. The van der Waals surface area contributed by atoms with Crippen LogP contribution in [-0.2, 0) is 4.79 Å². The van der Waals surface area contributed by atoms with Gasteiger partial charge in [0.05, 0.1) is 5.69 Å². The molecular weight excluding hydrogens is 448 g/mol. The number of carbonyl (C=O) groups is 2. The minimum atomic E-state index is -0.566. The molecule has 0 aliphatic rings. The number of ketones is 1. The highest BCUT2D eigenvalue weighted by Crippen LogP contribution is 2.38. The van der Waals surface area contributed by atoms with E-state index in [2.05, 4.69) is 25.8 Å². The summed E-state index contributed by atoms with van der Waals surface area (Å²) in [4.78, 5) is 28.4. The maximum atomic E-state index is 13.8. The molecule has 8 nitrogen and oxygen atoms in total. The fraction of sp³-hybridized carbons (Fsp3) is 0.0800. The Balaban J connectivity index is 1.53.